The molecule has 0 radical (unpaired) electrons. The molecule has 0 aliphatic carbocycles. The van der Waals surface area contributed by atoms with Crippen LogP contribution in [0.5, 0.6) is 5.75 Å². The first-order valence-corrected chi connectivity index (χ1v) is 8.55. The van der Waals surface area contributed by atoms with Gasteiger partial charge in [0.1, 0.15) is 21.4 Å². The van der Waals surface area contributed by atoms with E-state index in [-0.39, 0.29) is 32.7 Å². The fourth-order valence-corrected chi connectivity index (χ4v) is 3.96. The maximum Gasteiger partial charge on any atom is 0.341 e. The Labute approximate surface area is 144 Å². The Balaban J connectivity index is 2.42. The number of sulfonamides is 1. The molecule has 0 fully saturated rings. The topological polar surface area (TPSA) is 99.5 Å². The number of aromatic nitrogens is 2. The van der Waals surface area contributed by atoms with Crippen LogP contribution in [-0.2, 0) is 21.8 Å². The zero-order valence-corrected chi connectivity index (χ0v) is 15.0. The maximum absolute atomic E-state index is 12.5. The molecular weight excluding hydrogens is 358 g/mol. The average Bonchev–Trinajstić information content (AvgIpc) is 2.79. The highest BCUT2D eigenvalue weighted by Gasteiger charge is 2.26. The van der Waals surface area contributed by atoms with Crippen LogP contribution in [0, 0.1) is 6.92 Å². The van der Waals surface area contributed by atoms with E-state index in [9.17, 15) is 13.2 Å². The lowest BCUT2D eigenvalue weighted by atomic mass is 10.2. The number of esters is 1. The average molecular weight is 374 g/mol. The van der Waals surface area contributed by atoms with Gasteiger partial charge in [0.15, 0.2) is 0 Å². The number of carbonyl (C=O) groups excluding carboxylic acids is 1. The van der Waals surface area contributed by atoms with Gasteiger partial charge in [0.2, 0.25) is 0 Å². The van der Waals surface area contributed by atoms with E-state index < -0.39 is 16.0 Å². The molecule has 0 aliphatic heterocycles. The van der Waals surface area contributed by atoms with Crippen molar-refractivity contribution in [2.24, 2.45) is 7.05 Å². The van der Waals surface area contributed by atoms with E-state index in [1.54, 1.807) is 14.0 Å². The molecule has 0 unspecified atom stereocenters. The second-order valence-electron chi connectivity index (χ2n) is 4.84. The van der Waals surface area contributed by atoms with Crippen LogP contribution in [0.4, 0.5) is 5.69 Å². The zero-order chi connectivity index (χ0) is 18.1. The number of methoxy groups -OCH3 is 2. The first-order chi connectivity index (χ1) is 11.2. The summed E-state index contributed by atoms with van der Waals surface area (Å²) in [6, 6.07) is 4.20. The van der Waals surface area contributed by atoms with Crippen LogP contribution >= 0.6 is 11.6 Å². The van der Waals surface area contributed by atoms with Crippen LogP contribution in [0.2, 0.25) is 5.15 Å². The number of benzene rings is 1. The molecule has 0 amide bonds. The number of hydrogen-bond donors (Lipinski definition) is 1. The van der Waals surface area contributed by atoms with Gasteiger partial charge in [-0.25, -0.2) is 13.2 Å². The van der Waals surface area contributed by atoms with E-state index in [2.05, 4.69) is 14.6 Å². The molecule has 1 aromatic heterocycles. The Hall–Kier alpha value is -2.26. The van der Waals surface area contributed by atoms with Crippen LogP contribution in [-0.4, -0.2) is 38.4 Å². The predicted octanol–water partition coefficient (Wildman–Crippen LogP) is 1.98. The SMILES string of the molecule is COC(=O)c1ccc(NS(=O)(=O)c2c(C)nn(C)c2Cl)cc1OC. The predicted molar refractivity (Wildman–Crippen MR) is 88.1 cm³/mol. The molecule has 10 heteroatoms. The van der Waals surface area contributed by atoms with Crippen molar-refractivity contribution in [2.45, 2.75) is 11.8 Å². The van der Waals surface area contributed by atoms with Crippen molar-refractivity contribution in [1.82, 2.24) is 9.78 Å². The minimum absolute atomic E-state index is 0.00172. The first-order valence-electron chi connectivity index (χ1n) is 6.69. The standard InChI is InChI=1S/C14H16ClN3O5S/c1-8-12(13(15)18(2)16-8)24(20,21)17-9-5-6-10(14(19)23-4)11(7-9)22-3/h5-7,17H,1-4H3. The second kappa shape index (κ2) is 6.70. The largest absolute Gasteiger partial charge is 0.496 e. The van der Waals surface area contributed by atoms with Crippen molar-refractivity contribution in [3.63, 3.8) is 0 Å². The van der Waals surface area contributed by atoms with E-state index in [1.807, 2.05) is 0 Å². The third kappa shape index (κ3) is 3.31. The minimum Gasteiger partial charge on any atom is -0.496 e. The number of halogens is 1. The van der Waals surface area contributed by atoms with Crippen molar-refractivity contribution in [3.05, 3.63) is 34.6 Å². The van der Waals surface area contributed by atoms with Gasteiger partial charge in [0, 0.05) is 13.1 Å². The minimum atomic E-state index is -3.95. The number of nitrogens with zero attached hydrogens (tertiary/aromatic N) is 2. The van der Waals surface area contributed by atoms with Crippen LogP contribution < -0.4 is 9.46 Å². The molecule has 130 valence electrons. The molecule has 0 spiro atoms. The van der Waals surface area contributed by atoms with Crippen LogP contribution in [0.3, 0.4) is 0 Å². The van der Waals surface area contributed by atoms with E-state index in [4.69, 9.17) is 16.3 Å². The Bertz CT molecular complexity index is 892. The van der Waals surface area contributed by atoms with E-state index >= 15 is 0 Å². The lowest BCUT2D eigenvalue weighted by Crippen LogP contribution is -2.14. The Morgan fingerprint density at radius 1 is 1.33 bits per heavy atom. The van der Waals surface area contributed by atoms with Crippen molar-refractivity contribution < 1.29 is 22.7 Å². The van der Waals surface area contributed by atoms with Gasteiger partial charge in [0.05, 0.1) is 25.6 Å². The fourth-order valence-electron chi connectivity index (χ4n) is 2.16. The molecular formula is C14H16ClN3O5S. The summed E-state index contributed by atoms with van der Waals surface area (Å²) in [5.41, 5.74) is 0.658. The molecule has 2 aromatic rings. The van der Waals surface area contributed by atoms with E-state index in [1.165, 1.54) is 37.1 Å². The quantitative estimate of drug-likeness (QED) is 0.804. The number of anilines is 1. The molecule has 0 atom stereocenters. The molecule has 24 heavy (non-hydrogen) atoms. The molecule has 0 saturated heterocycles. The molecule has 1 N–H and O–H groups in total. The van der Waals surface area contributed by atoms with Gasteiger partial charge >= 0.3 is 5.97 Å². The number of nitrogens with one attached hydrogen (secondary N) is 1. The second-order valence-corrected chi connectivity index (χ2v) is 6.82. The summed E-state index contributed by atoms with van der Waals surface area (Å²) < 4.78 is 38.5. The van der Waals surface area contributed by atoms with Gasteiger partial charge in [-0.2, -0.15) is 5.10 Å². The first kappa shape index (κ1) is 18.1. The molecule has 0 aliphatic rings. The van der Waals surface area contributed by atoms with Crippen molar-refractivity contribution >= 4 is 33.3 Å². The zero-order valence-electron chi connectivity index (χ0n) is 13.5. The molecule has 0 saturated carbocycles. The van der Waals surface area contributed by atoms with Gasteiger partial charge in [-0.05, 0) is 19.1 Å². The summed E-state index contributed by atoms with van der Waals surface area (Å²) in [5, 5.41) is 3.98. The third-order valence-corrected chi connectivity index (χ3v) is 5.30. The normalized spacial score (nSPS) is 11.2. The number of carbonyl (C=O) groups is 1. The van der Waals surface area contributed by atoms with Crippen molar-refractivity contribution in [1.29, 1.82) is 0 Å². The summed E-state index contributed by atoms with van der Waals surface area (Å²) in [4.78, 5) is 11.5. The van der Waals surface area contributed by atoms with E-state index in [0.29, 0.717) is 0 Å². The maximum atomic E-state index is 12.5. The van der Waals surface area contributed by atoms with Gasteiger partial charge in [0.25, 0.3) is 10.0 Å². The highest BCUT2D eigenvalue weighted by molar-refractivity contribution is 7.92. The third-order valence-electron chi connectivity index (χ3n) is 3.23. The van der Waals surface area contributed by atoms with Gasteiger partial charge in [-0.15, -0.1) is 0 Å². The highest BCUT2D eigenvalue weighted by Crippen LogP contribution is 2.29. The van der Waals surface area contributed by atoms with Crippen LogP contribution in [0.1, 0.15) is 16.1 Å². The summed E-state index contributed by atoms with van der Waals surface area (Å²) in [6.07, 6.45) is 0. The van der Waals surface area contributed by atoms with Crippen LogP contribution in [0.25, 0.3) is 0 Å². The Morgan fingerprint density at radius 3 is 2.50 bits per heavy atom. The van der Waals surface area contributed by atoms with Gasteiger partial charge < -0.3 is 9.47 Å². The fraction of sp³-hybridized carbons (Fsp3) is 0.286. The van der Waals surface area contributed by atoms with Crippen LogP contribution in [0.15, 0.2) is 23.1 Å². The smallest absolute Gasteiger partial charge is 0.341 e. The molecule has 0 bridgehead atoms. The summed E-state index contributed by atoms with van der Waals surface area (Å²) >= 11 is 6.00. The van der Waals surface area contributed by atoms with Crippen molar-refractivity contribution in [3.8, 4) is 5.75 Å². The monoisotopic (exact) mass is 373 g/mol. The molecule has 2 rings (SSSR count). The lowest BCUT2D eigenvalue weighted by Gasteiger charge is -2.11. The molecule has 1 heterocycles. The highest BCUT2D eigenvalue weighted by atomic mass is 35.5. The Morgan fingerprint density at radius 2 is 2.00 bits per heavy atom. The van der Waals surface area contributed by atoms with Crippen molar-refractivity contribution in [2.75, 3.05) is 18.9 Å². The van der Waals surface area contributed by atoms with Gasteiger partial charge in [-0.1, -0.05) is 11.6 Å². The lowest BCUT2D eigenvalue weighted by molar-refractivity contribution is 0.0597. The summed E-state index contributed by atoms with van der Waals surface area (Å²) in [7, 11) is 0.195. The summed E-state index contributed by atoms with van der Waals surface area (Å²) in [6.45, 7) is 1.54. The number of ether oxygens (including phenoxy) is 2. The summed E-state index contributed by atoms with van der Waals surface area (Å²) in [5.74, 6) is -0.413. The number of aryl methyl sites for hydroxylation is 2. The van der Waals surface area contributed by atoms with E-state index in [0.717, 1.165) is 0 Å². The number of rotatable bonds is 5. The molecule has 8 nitrogen and oxygen atoms in total. The Kier molecular flexibility index (Phi) is 5.05. The van der Waals surface area contributed by atoms with Gasteiger partial charge in [-0.3, -0.25) is 9.40 Å². The number of hydrogen-bond acceptors (Lipinski definition) is 6. The molecule has 1 aromatic carbocycles.